The van der Waals surface area contributed by atoms with Crippen LogP contribution in [0.1, 0.15) is 37.8 Å². The van der Waals surface area contributed by atoms with Crippen LogP contribution in [0, 0.1) is 6.92 Å². The van der Waals surface area contributed by atoms with Gasteiger partial charge in [0.2, 0.25) is 5.95 Å². The van der Waals surface area contributed by atoms with E-state index in [0.29, 0.717) is 11.6 Å². The first-order valence-electron chi connectivity index (χ1n) is 9.68. The average Bonchev–Trinajstić information content (AvgIpc) is 3.26. The van der Waals surface area contributed by atoms with Crippen molar-refractivity contribution in [1.29, 1.82) is 0 Å². The van der Waals surface area contributed by atoms with E-state index in [4.69, 9.17) is 0 Å². The third-order valence-electron chi connectivity index (χ3n) is 5.40. The summed E-state index contributed by atoms with van der Waals surface area (Å²) in [6.07, 6.45) is 4.71. The van der Waals surface area contributed by atoms with Gasteiger partial charge in [-0.25, -0.2) is 0 Å². The molecule has 0 bridgehead atoms. The zero-order chi connectivity index (χ0) is 19.1. The summed E-state index contributed by atoms with van der Waals surface area (Å²) in [4.78, 5) is 4.57. The van der Waals surface area contributed by atoms with Gasteiger partial charge in [0.25, 0.3) is 0 Å². The lowest BCUT2D eigenvalue weighted by atomic mass is 9.92. The number of aromatic nitrogens is 5. The summed E-state index contributed by atoms with van der Waals surface area (Å²) in [5.41, 5.74) is 2.68. The molecule has 0 spiro atoms. The second-order valence-electron chi connectivity index (χ2n) is 7.54. The number of hydrogen-bond donors (Lipinski definition) is 4. The number of nitrogens with one attached hydrogen (secondary N) is 3. The Labute approximate surface area is 162 Å². The molecule has 0 unspecified atom stereocenters. The van der Waals surface area contributed by atoms with E-state index in [1.165, 1.54) is 6.42 Å². The summed E-state index contributed by atoms with van der Waals surface area (Å²) < 4.78 is 1.73. The number of benzene rings is 1. The molecule has 0 amide bonds. The van der Waals surface area contributed by atoms with Crippen molar-refractivity contribution in [3.05, 3.63) is 42.1 Å². The Morgan fingerprint density at radius 1 is 1.14 bits per heavy atom. The highest BCUT2D eigenvalue weighted by molar-refractivity contribution is 5.85. The van der Waals surface area contributed by atoms with Gasteiger partial charge in [0, 0.05) is 16.8 Å². The normalized spacial score (nSPS) is 16.5. The molecule has 1 aliphatic carbocycles. The molecule has 0 saturated heterocycles. The van der Waals surface area contributed by atoms with E-state index < -0.39 is 5.72 Å². The van der Waals surface area contributed by atoms with Gasteiger partial charge in [-0.3, -0.25) is 5.10 Å². The van der Waals surface area contributed by atoms with Crippen molar-refractivity contribution in [3.8, 4) is 0 Å². The zero-order valence-electron chi connectivity index (χ0n) is 15.7. The van der Waals surface area contributed by atoms with Gasteiger partial charge >= 0.3 is 0 Å². The first kappa shape index (κ1) is 17.0. The van der Waals surface area contributed by atoms with Crippen LogP contribution in [-0.4, -0.2) is 35.6 Å². The first-order chi connectivity index (χ1) is 13.6. The molecular formula is C20H23N7O. The third kappa shape index (κ3) is 3.05. The molecule has 0 radical (unpaired) electrons. The minimum Gasteiger partial charge on any atom is -0.371 e. The molecule has 1 saturated carbocycles. The average molecular weight is 377 g/mol. The molecule has 8 nitrogen and oxygen atoms in total. The summed E-state index contributed by atoms with van der Waals surface area (Å²) in [7, 11) is 0. The highest BCUT2D eigenvalue weighted by Crippen LogP contribution is 2.30. The van der Waals surface area contributed by atoms with Gasteiger partial charge in [-0.05, 0) is 62.9 Å². The van der Waals surface area contributed by atoms with Crippen molar-refractivity contribution in [2.45, 2.75) is 44.8 Å². The molecule has 4 aromatic rings. The van der Waals surface area contributed by atoms with Crippen LogP contribution in [0.3, 0.4) is 0 Å². The lowest BCUT2D eigenvalue weighted by Gasteiger charge is -2.33. The molecular weight excluding hydrogens is 354 g/mol. The van der Waals surface area contributed by atoms with Crippen LogP contribution in [0.4, 0.5) is 17.5 Å². The number of aryl methyl sites for hydroxylation is 1. The van der Waals surface area contributed by atoms with Crippen LogP contribution < -0.4 is 10.6 Å². The second kappa shape index (κ2) is 6.49. The van der Waals surface area contributed by atoms with Crippen molar-refractivity contribution in [1.82, 2.24) is 24.8 Å². The van der Waals surface area contributed by atoms with E-state index in [-0.39, 0.29) is 0 Å². The largest absolute Gasteiger partial charge is 0.371 e. The Morgan fingerprint density at radius 2 is 2.00 bits per heavy atom. The van der Waals surface area contributed by atoms with Gasteiger partial charge in [-0.2, -0.15) is 14.6 Å². The minimum atomic E-state index is -0.879. The number of nitrogens with zero attached hydrogens (tertiary/aromatic N) is 4. The summed E-state index contributed by atoms with van der Waals surface area (Å²) in [5, 5.41) is 30.3. The van der Waals surface area contributed by atoms with Crippen LogP contribution in [0.25, 0.3) is 16.6 Å². The molecule has 28 heavy (non-hydrogen) atoms. The van der Waals surface area contributed by atoms with E-state index in [1.54, 1.807) is 4.52 Å². The second-order valence-corrected chi connectivity index (χ2v) is 7.54. The van der Waals surface area contributed by atoms with E-state index in [1.807, 2.05) is 43.3 Å². The van der Waals surface area contributed by atoms with Gasteiger partial charge in [0.05, 0.1) is 5.52 Å². The monoisotopic (exact) mass is 377 g/mol. The molecule has 1 fully saturated rings. The highest BCUT2D eigenvalue weighted by atomic mass is 16.3. The van der Waals surface area contributed by atoms with E-state index in [9.17, 15) is 5.11 Å². The van der Waals surface area contributed by atoms with Gasteiger partial charge in [-0.15, -0.1) is 5.10 Å². The molecule has 0 aliphatic heterocycles. The Morgan fingerprint density at radius 3 is 2.86 bits per heavy atom. The standard InChI is InChI=1S/C20H23N7O/c1-13-15-12-14(8-9-16(15)25-24-13)21-19-22-17-6-5-7-18(27(17)26-19)23-20(28)10-3-2-4-11-20/h5-9,12,23,28H,2-4,10-11H2,1H3,(H,21,26)(H,24,25). The highest BCUT2D eigenvalue weighted by Gasteiger charge is 2.29. The van der Waals surface area contributed by atoms with E-state index in [2.05, 4.69) is 30.9 Å². The summed E-state index contributed by atoms with van der Waals surface area (Å²) in [6.45, 7) is 2.00. The SMILES string of the molecule is Cc1[nH]nc2ccc(Nc3nc4cccc(NC5(O)CCCCC5)n4n3)cc12. The number of rotatable bonds is 4. The lowest BCUT2D eigenvalue weighted by molar-refractivity contribution is 0.0311. The smallest absolute Gasteiger partial charge is 0.247 e. The zero-order valence-corrected chi connectivity index (χ0v) is 15.7. The van der Waals surface area contributed by atoms with Crippen LogP contribution in [0.2, 0.25) is 0 Å². The molecule has 1 aromatic carbocycles. The number of aromatic amines is 1. The Balaban J connectivity index is 1.45. The molecule has 8 heteroatoms. The van der Waals surface area contributed by atoms with Crippen molar-refractivity contribution in [3.63, 3.8) is 0 Å². The van der Waals surface area contributed by atoms with Crippen molar-refractivity contribution in [2.75, 3.05) is 10.6 Å². The Kier molecular flexibility index (Phi) is 3.94. The molecule has 1 aliphatic rings. The Bertz CT molecular complexity index is 1140. The molecule has 3 heterocycles. The molecule has 144 valence electrons. The fourth-order valence-electron chi connectivity index (χ4n) is 3.90. The molecule has 5 rings (SSSR count). The maximum Gasteiger partial charge on any atom is 0.247 e. The van der Waals surface area contributed by atoms with Gasteiger partial charge in [0.15, 0.2) is 5.65 Å². The summed E-state index contributed by atoms with van der Waals surface area (Å²) in [6, 6.07) is 11.7. The van der Waals surface area contributed by atoms with Crippen molar-refractivity contribution >= 4 is 34.0 Å². The van der Waals surface area contributed by atoms with Crippen LogP contribution in [-0.2, 0) is 0 Å². The fourth-order valence-corrected chi connectivity index (χ4v) is 3.90. The number of aliphatic hydroxyl groups is 1. The number of hydrogen-bond acceptors (Lipinski definition) is 6. The predicted octanol–water partition coefficient (Wildman–Crippen LogP) is 3.72. The van der Waals surface area contributed by atoms with Crippen molar-refractivity contribution < 1.29 is 5.11 Å². The van der Waals surface area contributed by atoms with Crippen LogP contribution >= 0.6 is 0 Å². The first-order valence-corrected chi connectivity index (χ1v) is 9.68. The molecule has 4 N–H and O–H groups in total. The minimum absolute atomic E-state index is 0.505. The summed E-state index contributed by atoms with van der Waals surface area (Å²) >= 11 is 0. The summed E-state index contributed by atoms with van der Waals surface area (Å²) in [5.74, 6) is 1.24. The van der Waals surface area contributed by atoms with E-state index >= 15 is 0 Å². The number of H-pyrrole nitrogens is 1. The maximum absolute atomic E-state index is 10.8. The third-order valence-corrected chi connectivity index (χ3v) is 5.40. The van der Waals surface area contributed by atoms with Crippen LogP contribution in [0.15, 0.2) is 36.4 Å². The van der Waals surface area contributed by atoms with Crippen molar-refractivity contribution in [2.24, 2.45) is 0 Å². The van der Waals surface area contributed by atoms with Gasteiger partial charge < -0.3 is 15.7 Å². The Hall–Kier alpha value is -3.13. The number of anilines is 3. The maximum atomic E-state index is 10.8. The van der Waals surface area contributed by atoms with Gasteiger partial charge in [0.1, 0.15) is 11.5 Å². The fraction of sp³-hybridized carbons (Fsp3) is 0.350. The number of fused-ring (bicyclic) bond motifs is 2. The van der Waals surface area contributed by atoms with Gasteiger partial charge in [-0.1, -0.05) is 12.5 Å². The predicted molar refractivity (Wildman–Crippen MR) is 109 cm³/mol. The topological polar surface area (TPSA) is 103 Å². The molecule has 0 atom stereocenters. The van der Waals surface area contributed by atoms with E-state index in [0.717, 1.165) is 53.8 Å². The van der Waals surface area contributed by atoms with Crippen LogP contribution in [0.5, 0.6) is 0 Å². The lowest BCUT2D eigenvalue weighted by Crippen LogP contribution is -2.40. The number of pyridine rings is 1. The quantitative estimate of drug-likeness (QED) is 0.404. The molecule has 3 aromatic heterocycles.